The fraction of sp³-hybridized carbons (Fsp3) is 1.00. The third-order valence-electron chi connectivity index (χ3n) is 3.68. The first-order valence-corrected chi connectivity index (χ1v) is 7.10. The Hall–Kier alpha value is -0.0400. The number of unbranched alkanes of at least 4 members (excludes halogenated alkanes) is 1. The Morgan fingerprint density at radius 3 is 2.47 bits per heavy atom. The van der Waals surface area contributed by atoms with Crippen molar-refractivity contribution in [1.82, 2.24) is 5.32 Å². The molecule has 0 aromatic rings. The molecule has 1 unspecified atom stereocenters. The number of hydrogen-bond donors (Lipinski definition) is 1. The van der Waals surface area contributed by atoms with Crippen LogP contribution in [0.25, 0.3) is 0 Å². The summed E-state index contributed by atoms with van der Waals surface area (Å²) in [6.45, 7) is 5.77. The molecule has 1 fully saturated rings. The Balaban J connectivity index is 2.19. The van der Waals surface area contributed by atoms with E-state index in [1.807, 2.05) is 0 Å². The first-order valence-electron chi connectivity index (χ1n) is 7.10. The molecular formula is C14H29N. The van der Waals surface area contributed by atoms with Gasteiger partial charge < -0.3 is 5.32 Å². The summed E-state index contributed by atoms with van der Waals surface area (Å²) in [5.41, 5.74) is 0. The predicted molar refractivity (Wildman–Crippen MR) is 68.2 cm³/mol. The zero-order chi connectivity index (χ0) is 10.9. The minimum atomic E-state index is 0.813. The topological polar surface area (TPSA) is 12.0 Å². The number of rotatable bonds is 8. The summed E-state index contributed by atoms with van der Waals surface area (Å²) in [6, 6.07) is 0.813. The molecule has 1 nitrogen and oxygen atoms in total. The summed E-state index contributed by atoms with van der Waals surface area (Å²) >= 11 is 0. The van der Waals surface area contributed by atoms with Crippen LogP contribution in [0.15, 0.2) is 0 Å². The highest BCUT2D eigenvalue weighted by atomic mass is 14.9. The highest BCUT2D eigenvalue weighted by Crippen LogP contribution is 2.29. The lowest BCUT2D eigenvalue weighted by molar-refractivity contribution is 0.364. The van der Waals surface area contributed by atoms with Crippen LogP contribution >= 0.6 is 0 Å². The van der Waals surface area contributed by atoms with Gasteiger partial charge in [-0.1, -0.05) is 52.4 Å². The van der Waals surface area contributed by atoms with Crippen LogP contribution in [-0.4, -0.2) is 12.6 Å². The van der Waals surface area contributed by atoms with Crippen LogP contribution in [0.2, 0.25) is 0 Å². The van der Waals surface area contributed by atoms with E-state index in [1.54, 1.807) is 0 Å². The fourth-order valence-corrected chi connectivity index (χ4v) is 2.75. The second-order valence-corrected chi connectivity index (χ2v) is 5.18. The normalized spacial score (nSPS) is 19.6. The van der Waals surface area contributed by atoms with E-state index < -0.39 is 0 Å². The van der Waals surface area contributed by atoms with Crippen LogP contribution in [0.5, 0.6) is 0 Å². The maximum Gasteiger partial charge on any atom is 0.00696 e. The standard InChI is InChI=1S/C14H29N/c1-3-5-10-14(15-11-4-2)12-13-8-6-7-9-13/h13-15H,3-12H2,1-2H3. The van der Waals surface area contributed by atoms with Crippen molar-refractivity contribution in [1.29, 1.82) is 0 Å². The molecule has 1 atom stereocenters. The molecule has 1 aliphatic carbocycles. The van der Waals surface area contributed by atoms with Gasteiger partial charge in [-0.15, -0.1) is 0 Å². The molecular weight excluding hydrogens is 182 g/mol. The van der Waals surface area contributed by atoms with E-state index in [4.69, 9.17) is 0 Å². The molecule has 0 heterocycles. The van der Waals surface area contributed by atoms with Crippen molar-refractivity contribution in [2.45, 2.75) is 77.7 Å². The Morgan fingerprint density at radius 1 is 1.13 bits per heavy atom. The Morgan fingerprint density at radius 2 is 1.87 bits per heavy atom. The van der Waals surface area contributed by atoms with E-state index in [0.717, 1.165) is 12.0 Å². The van der Waals surface area contributed by atoms with Crippen molar-refractivity contribution in [3.05, 3.63) is 0 Å². The summed E-state index contributed by atoms with van der Waals surface area (Å²) in [7, 11) is 0. The lowest BCUT2D eigenvalue weighted by atomic mass is 9.95. The zero-order valence-corrected chi connectivity index (χ0v) is 10.7. The second-order valence-electron chi connectivity index (χ2n) is 5.18. The van der Waals surface area contributed by atoms with Crippen molar-refractivity contribution in [2.75, 3.05) is 6.54 Å². The van der Waals surface area contributed by atoms with Crippen molar-refractivity contribution >= 4 is 0 Å². The van der Waals surface area contributed by atoms with Gasteiger partial charge in [0.2, 0.25) is 0 Å². The number of nitrogens with one attached hydrogen (secondary N) is 1. The molecule has 1 heteroatoms. The molecule has 0 spiro atoms. The van der Waals surface area contributed by atoms with E-state index in [2.05, 4.69) is 19.2 Å². The molecule has 0 saturated heterocycles. The van der Waals surface area contributed by atoms with Gasteiger partial charge in [0.15, 0.2) is 0 Å². The third kappa shape index (κ3) is 5.55. The van der Waals surface area contributed by atoms with Crippen molar-refractivity contribution in [3.8, 4) is 0 Å². The first-order chi connectivity index (χ1) is 7.36. The van der Waals surface area contributed by atoms with E-state index in [-0.39, 0.29) is 0 Å². The van der Waals surface area contributed by atoms with Crippen molar-refractivity contribution < 1.29 is 0 Å². The molecule has 0 aromatic carbocycles. The number of hydrogen-bond acceptors (Lipinski definition) is 1. The third-order valence-corrected chi connectivity index (χ3v) is 3.68. The van der Waals surface area contributed by atoms with Crippen LogP contribution in [0, 0.1) is 5.92 Å². The molecule has 1 rings (SSSR count). The summed E-state index contributed by atoms with van der Waals surface area (Å²) in [4.78, 5) is 0. The molecule has 1 N–H and O–H groups in total. The molecule has 0 aliphatic heterocycles. The maximum absolute atomic E-state index is 3.73. The Kier molecular flexibility index (Phi) is 7.08. The minimum absolute atomic E-state index is 0.813. The van der Waals surface area contributed by atoms with Crippen LogP contribution in [0.4, 0.5) is 0 Å². The molecule has 15 heavy (non-hydrogen) atoms. The molecule has 1 aliphatic rings. The Bertz CT molecular complexity index is 130. The van der Waals surface area contributed by atoms with E-state index in [0.29, 0.717) is 0 Å². The van der Waals surface area contributed by atoms with E-state index in [9.17, 15) is 0 Å². The van der Waals surface area contributed by atoms with Gasteiger partial charge in [0.1, 0.15) is 0 Å². The molecule has 0 amide bonds. The van der Waals surface area contributed by atoms with Gasteiger partial charge in [-0.05, 0) is 31.7 Å². The highest BCUT2D eigenvalue weighted by molar-refractivity contribution is 4.75. The monoisotopic (exact) mass is 211 g/mol. The van der Waals surface area contributed by atoms with E-state index >= 15 is 0 Å². The fourth-order valence-electron chi connectivity index (χ4n) is 2.75. The predicted octanol–water partition coefficient (Wildman–Crippen LogP) is 4.13. The van der Waals surface area contributed by atoms with Crippen LogP contribution < -0.4 is 5.32 Å². The van der Waals surface area contributed by atoms with E-state index in [1.165, 1.54) is 64.3 Å². The smallest absolute Gasteiger partial charge is 0.00696 e. The summed E-state index contributed by atoms with van der Waals surface area (Å²) in [5.74, 6) is 1.04. The van der Waals surface area contributed by atoms with Gasteiger partial charge in [0.05, 0.1) is 0 Å². The van der Waals surface area contributed by atoms with Gasteiger partial charge in [0.25, 0.3) is 0 Å². The lowest BCUT2D eigenvalue weighted by Crippen LogP contribution is -2.31. The average Bonchev–Trinajstić information content (AvgIpc) is 2.74. The average molecular weight is 211 g/mol. The molecule has 0 radical (unpaired) electrons. The minimum Gasteiger partial charge on any atom is -0.314 e. The second kappa shape index (κ2) is 8.15. The van der Waals surface area contributed by atoms with Crippen molar-refractivity contribution in [3.63, 3.8) is 0 Å². The lowest BCUT2D eigenvalue weighted by Gasteiger charge is -2.21. The van der Waals surface area contributed by atoms with Gasteiger partial charge >= 0.3 is 0 Å². The molecule has 90 valence electrons. The largest absolute Gasteiger partial charge is 0.314 e. The van der Waals surface area contributed by atoms with Gasteiger partial charge in [-0.2, -0.15) is 0 Å². The van der Waals surface area contributed by atoms with Crippen molar-refractivity contribution in [2.24, 2.45) is 5.92 Å². The maximum atomic E-state index is 3.73. The van der Waals surface area contributed by atoms with Gasteiger partial charge in [-0.25, -0.2) is 0 Å². The van der Waals surface area contributed by atoms with Crippen LogP contribution in [0.3, 0.4) is 0 Å². The summed E-state index contributed by atoms with van der Waals surface area (Å²) in [6.07, 6.45) is 12.8. The van der Waals surface area contributed by atoms with Crippen LogP contribution in [0.1, 0.15) is 71.6 Å². The van der Waals surface area contributed by atoms with Gasteiger partial charge in [0, 0.05) is 6.04 Å². The molecule has 0 aromatic heterocycles. The first kappa shape index (κ1) is 13.0. The van der Waals surface area contributed by atoms with Crippen LogP contribution in [-0.2, 0) is 0 Å². The zero-order valence-electron chi connectivity index (χ0n) is 10.7. The Labute approximate surface area is 96.0 Å². The summed E-state index contributed by atoms with van der Waals surface area (Å²) in [5, 5.41) is 3.73. The SMILES string of the molecule is CCCCC(CC1CCCC1)NCCC. The summed E-state index contributed by atoms with van der Waals surface area (Å²) < 4.78 is 0. The van der Waals surface area contributed by atoms with Gasteiger partial charge in [-0.3, -0.25) is 0 Å². The molecule has 1 saturated carbocycles. The quantitative estimate of drug-likeness (QED) is 0.636. The molecule has 0 bridgehead atoms. The highest BCUT2D eigenvalue weighted by Gasteiger charge is 2.19.